The lowest BCUT2D eigenvalue weighted by Gasteiger charge is -2.27. The van der Waals surface area contributed by atoms with Gasteiger partial charge in [0.15, 0.2) is 0 Å². The summed E-state index contributed by atoms with van der Waals surface area (Å²) < 4.78 is 11.3. The average molecular weight is 306 g/mol. The zero-order valence-corrected chi connectivity index (χ0v) is 14.0. The first-order valence-corrected chi connectivity index (χ1v) is 7.60. The number of carbonyl (C=O) groups excluding carboxylic acids is 1. The molecule has 1 aromatic carbocycles. The van der Waals surface area contributed by atoms with E-state index in [1.807, 2.05) is 24.3 Å². The molecule has 1 heterocycles. The number of para-hydroxylation sites is 2. The Morgan fingerprint density at radius 3 is 2.59 bits per heavy atom. The molecule has 1 aromatic rings. The van der Waals surface area contributed by atoms with E-state index in [9.17, 15) is 4.79 Å². The Hall–Kier alpha value is -1.59. The van der Waals surface area contributed by atoms with Crippen molar-refractivity contribution < 1.29 is 14.3 Å². The zero-order valence-electron chi connectivity index (χ0n) is 14.0. The summed E-state index contributed by atoms with van der Waals surface area (Å²) in [6.07, 6.45) is 0.877. The fourth-order valence-corrected chi connectivity index (χ4v) is 3.04. The molecule has 2 rings (SSSR count). The van der Waals surface area contributed by atoms with Crippen molar-refractivity contribution in [2.45, 2.75) is 51.4 Å². The van der Waals surface area contributed by atoms with Crippen LogP contribution in [0.3, 0.4) is 0 Å². The van der Waals surface area contributed by atoms with Crippen LogP contribution in [-0.2, 0) is 9.53 Å². The van der Waals surface area contributed by atoms with E-state index in [4.69, 9.17) is 9.47 Å². The molecule has 1 atom stereocenters. The molecule has 1 aliphatic heterocycles. The third-order valence-electron chi connectivity index (χ3n) is 3.96. The van der Waals surface area contributed by atoms with Gasteiger partial charge in [-0.05, 0) is 46.2 Å². The van der Waals surface area contributed by atoms with Crippen molar-refractivity contribution in [1.82, 2.24) is 5.32 Å². The van der Waals surface area contributed by atoms with Crippen molar-refractivity contribution in [3.05, 3.63) is 24.3 Å². The Morgan fingerprint density at radius 2 is 2.00 bits per heavy atom. The van der Waals surface area contributed by atoms with Crippen LogP contribution < -0.4 is 15.4 Å². The zero-order chi connectivity index (χ0) is 16.4. The van der Waals surface area contributed by atoms with Gasteiger partial charge in [-0.15, -0.1) is 0 Å². The SMILES string of the molecule is COc1ccccc1NC(=O)CN[C@H]1CC(C)(C)OC1(C)C. The quantitative estimate of drug-likeness (QED) is 0.878. The molecule has 0 radical (unpaired) electrons. The van der Waals surface area contributed by atoms with E-state index in [1.165, 1.54) is 0 Å². The average Bonchev–Trinajstić information content (AvgIpc) is 2.64. The first kappa shape index (κ1) is 16.8. The summed E-state index contributed by atoms with van der Waals surface area (Å²) in [7, 11) is 1.59. The van der Waals surface area contributed by atoms with Gasteiger partial charge in [0.25, 0.3) is 0 Å². The highest BCUT2D eigenvalue weighted by Gasteiger charge is 2.45. The molecule has 0 aliphatic carbocycles. The molecule has 5 nitrogen and oxygen atoms in total. The van der Waals surface area contributed by atoms with Gasteiger partial charge >= 0.3 is 0 Å². The van der Waals surface area contributed by atoms with E-state index < -0.39 is 0 Å². The lowest BCUT2D eigenvalue weighted by molar-refractivity contribution is -0.115. The number of hydrogen-bond donors (Lipinski definition) is 2. The summed E-state index contributed by atoms with van der Waals surface area (Å²) in [5.74, 6) is 0.562. The molecular formula is C17H26N2O3. The number of benzene rings is 1. The van der Waals surface area contributed by atoms with Crippen LogP contribution in [-0.4, -0.2) is 36.8 Å². The summed E-state index contributed by atoms with van der Waals surface area (Å²) >= 11 is 0. The van der Waals surface area contributed by atoms with E-state index in [0.29, 0.717) is 11.4 Å². The van der Waals surface area contributed by atoms with Gasteiger partial charge in [-0.1, -0.05) is 12.1 Å². The van der Waals surface area contributed by atoms with Crippen molar-refractivity contribution in [1.29, 1.82) is 0 Å². The first-order chi connectivity index (χ1) is 10.2. The molecule has 0 spiro atoms. The molecule has 122 valence electrons. The third-order valence-corrected chi connectivity index (χ3v) is 3.96. The smallest absolute Gasteiger partial charge is 0.238 e. The summed E-state index contributed by atoms with van der Waals surface area (Å²) in [4.78, 5) is 12.1. The van der Waals surface area contributed by atoms with E-state index >= 15 is 0 Å². The number of carbonyl (C=O) groups is 1. The van der Waals surface area contributed by atoms with Gasteiger partial charge in [0.05, 0.1) is 30.5 Å². The summed E-state index contributed by atoms with van der Waals surface area (Å²) in [5.41, 5.74) is 0.230. The van der Waals surface area contributed by atoms with Gasteiger partial charge in [0.1, 0.15) is 5.75 Å². The van der Waals surface area contributed by atoms with E-state index in [2.05, 4.69) is 38.3 Å². The standard InChI is InChI=1S/C17H26N2O3/c1-16(2)10-14(17(3,4)22-16)18-11-15(20)19-12-8-6-7-9-13(12)21-5/h6-9,14,18H,10-11H2,1-5H3,(H,19,20)/t14-/m0/s1. The number of nitrogens with one attached hydrogen (secondary N) is 2. The number of methoxy groups -OCH3 is 1. The minimum Gasteiger partial charge on any atom is -0.495 e. The molecule has 0 aromatic heterocycles. The fourth-order valence-electron chi connectivity index (χ4n) is 3.04. The van der Waals surface area contributed by atoms with Crippen LogP contribution in [0.1, 0.15) is 34.1 Å². The second kappa shape index (κ2) is 6.26. The molecule has 1 fully saturated rings. The molecular weight excluding hydrogens is 280 g/mol. The summed E-state index contributed by atoms with van der Waals surface area (Å²) in [6.45, 7) is 8.50. The van der Waals surface area contributed by atoms with Crippen LogP contribution in [0.4, 0.5) is 5.69 Å². The Balaban J connectivity index is 1.91. The lowest BCUT2D eigenvalue weighted by atomic mass is 9.94. The first-order valence-electron chi connectivity index (χ1n) is 7.60. The maximum atomic E-state index is 12.1. The molecule has 1 saturated heterocycles. The monoisotopic (exact) mass is 306 g/mol. The fraction of sp³-hybridized carbons (Fsp3) is 0.588. The van der Waals surface area contributed by atoms with Gasteiger partial charge in [-0.3, -0.25) is 4.79 Å². The lowest BCUT2D eigenvalue weighted by Crippen LogP contribution is -2.46. The van der Waals surface area contributed by atoms with Crippen LogP contribution in [0.25, 0.3) is 0 Å². The van der Waals surface area contributed by atoms with E-state index in [1.54, 1.807) is 7.11 Å². The highest BCUT2D eigenvalue weighted by Crippen LogP contribution is 2.37. The second-order valence-corrected chi connectivity index (χ2v) is 6.85. The molecule has 1 amide bonds. The van der Waals surface area contributed by atoms with Crippen LogP contribution in [0, 0.1) is 0 Å². The molecule has 2 N–H and O–H groups in total. The van der Waals surface area contributed by atoms with Crippen molar-refractivity contribution in [3.63, 3.8) is 0 Å². The summed E-state index contributed by atoms with van der Waals surface area (Å²) in [6, 6.07) is 7.52. The Morgan fingerprint density at radius 1 is 1.32 bits per heavy atom. The van der Waals surface area contributed by atoms with Crippen LogP contribution in [0.5, 0.6) is 5.75 Å². The molecule has 1 aliphatic rings. The Labute approximate surface area is 132 Å². The van der Waals surface area contributed by atoms with Crippen molar-refractivity contribution >= 4 is 11.6 Å². The van der Waals surface area contributed by atoms with Crippen molar-refractivity contribution in [2.75, 3.05) is 19.0 Å². The Kier molecular flexibility index (Phi) is 4.78. The van der Waals surface area contributed by atoms with Crippen LogP contribution >= 0.6 is 0 Å². The summed E-state index contributed by atoms with van der Waals surface area (Å²) in [5, 5.41) is 6.17. The predicted molar refractivity (Wildman–Crippen MR) is 87.3 cm³/mol. The maximum Gasteiger partial charge on any atom is 0.238 e. The largest absolute Gasteiger partial charge is 0.495 e. The molecule has 22 heavy (non-hydrogen) atoms. The van der Waals surface area contributed by atoms with E-state index in [0.717, 1.165) is 6.42 Å². The number of hydrogen-bond acceptors (Lipinski definition) is 4. The normalized spacial score (nSPS) is 22.3. The van der Waals surface area contributed by atoms with Gasteiger partial charge < -0.3 is 20.1 Å². The van der Waals surface area contributed by atoms with Crippen molar-refractivity contribution in [3.8, 4) is 5.75 Å². The minimum atomic E-state index is -0.284. The number of amides is 1. The predicted octanol–water partition coefficient (Wildman–Crippen LogP) is 2.57. The van der Waals surface area contributed by atoms with Crippen LogP contribution in [0.2, 0.25) is 0 Å². The van der Waals surface area contributed by atoms with Crippen LogP contribution in [0.15, 0.2) is 24.3 Å². The van der Waals surface area contributed by atoms with Gasteiger partial charge in [0.2, 0.25) is 5.91 Å². The third kappa shape index (κ3) is 3.99. The topological polar surface area (TPSA) is 59.6 Å². The highest BCUT2D eigenvalue weighted by molar-refractivity contribution is 5.93. The number of ether oxygens (including phenoxy) is 2. The molecule has 5 heteroatoms. The number of anilines is 1. The van der Waals surface area contributed by atoms with Crippen molar-refractivity contribution in [2.24, 2.45) is 0 Å². The second-order valence-electron chi connectivity index (χ2n) is 6.85. The molecule has 0 bridgehead atoms. The molecule has 0 saturated carbocycles. The minimum absolute atomic E-state index is 0.0926. The van der Waals surface area contributed by atoms with Gasteiger partial charge in [-0.2, -0.15) is 0 Å². The van der Waals surface area contributed by atoms with E-state index in [-0.39, 0.29) is 29.7 Å². The molecule has 0 unspecified atom stereocenters. The Bertz CT molecular complexity index is 540. The van der Waals surface area contributed by atoms with Gasteiger partial charge in [0, 0.05) is 6.04 Å². The number of rotatable bonds is 5. The van der Waals surface area contributed by atoms with Gasteiger partial charge in [-0.25, -0.2) is 0 Å². The highest BCUT2D eigenvalue weighted by atomic mass is 16.5. The maximum absolute atomic E-state index is 12.1.